The first-order chi connectivity index (χ1) is 11.9. The highest BCUT2D eigenvalue weighted by Crippen LogP contribution is 2.28. The van der Waals surface area contributed by atoms with Crippen LogP contribution in [0.1, 0.15) is 65.2 Å². The lowest BCUT2D eigenvalue weighted by molar-refractivity contribution is -0.137. The van der Waals surface area contributed by atoms with Gasteiger partial charge in [-0.2, -0.15) is 0 Å². The number of carbonyl (C=O) groups excluding carboxylic acids is 1. The zero-order valence-electron chi connectivity index (χ0n) is 15.5. The molecule has 0 amide bonds. The van der Waals surface area contributed by atoms with E-state index in [1.54, 1.807) is 6.08 Å². The molecule has 1 rings (SSSR count). The highest BCUT2D eigenvalue weighted by Gasteiger charge is 2.28. The number of carbonyl (C=O) groups is 2. The van der Waals surface area contributed by atoms with Gasteiger partial charge >= 0.3 is 5.97 Å². The quantitative estimate of drug-likeness (QED) is 0.404. The van der Waals surface area contributed by atoms with Crippen LogP contribution in [0.4, 0.5) is 0 Å². The third-order valence-electron chi connectivity index (χ3n) is 4.59. The van der Waals surface area contributed by atoms with E-state index in [1.807, 2.05) is 37.3 Å². The van der Waals surface area contributed by atoms with Crippen LogP contribution in [0.15, 0.2) is 36.5 Å². The van der Waals surface area contributed by atoms with Gasteiger partial charge in [-0.15, -0.1) is 0 Å². The summed E-state index contributed by atoms with van der Waals surface area (Å²) in [5, 5.41) is 19.0. The third-order valence-corrected chi connectivity index (χ3v) is 4.59. The number of hydrogen-bond donors (Lipinski definition) is 2. The van der Waals surface area contributed by atoms with Gasteiger partial charge in [-0.25, -0.2) is 0 Å². The van der Waals surface area contributed by atoms with Gasteiger partial charge in [-0.05, 0) is 38.7 Å². The SMILES string of the molecule is CCCCC[C@](C)(O)/C=C/[C@H]1C=CC(=O)[C@H]1C/C=C\CCCC(=O)O. The van der Waals surface area contributed by atoms with Gasteiger partial charge in [0, 0.05) is 18.3 Å². The smallest absolute Gasteiger partial charge is 0.303 e. The second kappa shape index (κ2) is 11.0. The molecule has 4 nitrogen and oxygen atoms in total. The Labute approximate surface area is 151 Å². The van der Waals surface area contributed by atoms with Crippen molar-refractivity contribution in [3.05, 3.63) is 36.5 Å². The standard InChI is InChI=1S/C21H32O4/c1-3-4-9-15-21(2,25)16-14-17-12-13-19(22)18(17)10-7-5-6-8-11-20(23)24/h5,7,12-14,16-18,25H,3-4,6,8-11,15H2,1-2H3,(H,23,24)/b7-5-,16-14+/t17-,18+,21+/m1/s1. The predicted octanol–water partition coefficient (Wildman–Crippen LogP) is 4.45. The molecule has 1 aliphatic rings. The molecule has 0 aromatic rings. The monoisotopic (exact) mass is 348 g/mol. The average molecular weight is 348 g/mol. The fourth-order valence-corrected chi connectivity index (χ4v) is 2.99. The first kappa shape index (κ1) is 21.4. The average Bonchev–Trinajstić information content (AvgIpc) is 2.89. The van der Waals surface area contributed by atoms with Gasteiger partial charge in [0.15, 0.2) is 5.78 Å². The summed E-state index contributed by atoms with van der Waals surface area (Å²) in [5.41, 5.74) is -0.828. The van der Waals surface area contributed by atoms with Crippen molar-refractivity contribution in [3.63, 3.8) is 0 Å². The lowest BCUT2D eigenvalue weighted by atomic mass is 9.88. The van der Waals surface area contributed by atoms with Gasteiger partial charge in [0.25, 0.3) is 0 Å². The first-order valence-corrected chi connectivity index (χ1v) is 9.36. The minimum absolute atomic E-state index is 0.0221. The Bertz CT molecular complexity index is 514. The van der Waals surface area contributed by atoms with E-state index in [2.05, 4.69) is 6.92 Å². The molecule has 0 spiro atoms. The Morgan fingerprint density at radius 2 is 2.04 bits per heavy atom. The number of aliphatic carboxylic acids is 1. The van der Waals surface area contributed by atoms with E-state index in [0.29, 0.717) is 19.3 Å². The van der Waals surface area contributed by atoms with Gasteiger partial charge in [-0.1, -0.05) is 56.6 Å². The molecular formula is C21H32O4. The molecule has 0 aliphatic heterocycles. The van der Waals surface area contributed by atoms with E-state index in [-0.39, 0.29) is 24.0 Å². The summed E-state index contributed by atoms with van der Waals surface area (Å²) in [4.78, 5) is 22.5. The largest absolute Gasteiger partial charge is 0.481 e. The highest BCUT2D eigenvalue weighted by molar-refractivity contribution is 5.95. The Morgan fingerprint density at radius 3 is 2.72 bits per heavy atom. The second-order valence-electron chi connectivity index (χ2n) is 7.11. The molecule has 0 saturated carbocycles. The number of hydrogen-bond acceptors (Lipinski definition) is 3. The molecule has 2 N–H and O–H groups in total. The topological polar surface area (TPSA) is 74.6 Å². The zero-order chi connectivity index (χ0) is 18.7. The summed E-state index contributed by atoms with van der Waals surface area (Å²) in [6.07, 6.45) is 17.4. The molecule has 0 radical (unpaired) electrons. The second-order valence-corrected chi connectivity index (χ2v) is 7.11. The van der Waals surface area contributed by atoms with Crippen LogP contribution in [0.3, 0.4) is 0 Å². The third kappa shape index (κ3) is 8.82. The van der Waals surface area contributed by atoms with Crippen molar-refractivity contribution in [1.29, 1.82) is 0 Å². The fraction of sp³-hybridized carbons (Fsp3) is 0.619. The lowest BCUT2D eigenvalue weighted by Crippen LogP contribution is -2.21. The minimum Gasteiger partial charge on any atom is -0.481 e. The van der Waals surface area contributed by atoms with Gasteiger partial charge < -0.3 is 10.2 Å². The molecular weight excluding hydrogens is 316 g/mol. The summed E-state index contributed by atoms with van der Waals surface area (Å²) >= 11 is 0. The molecule has 0 aromatic carbocycles. The highest BCUT2D eigenvalue weighted by atomic mass is 16.4. The fourth-order valence-electron chi connectivity index (χ4n) is 2.99. The Balaban J connectivity index is 2.48. The Hall–Kier alpha value is -1.68. The minimum atomic E-state index is -0.828. The summed E-state index contributed by atoms with van der Waals surface area (Å²) in [5.74, 6) is -0.748. The van der Waals surface area contributed by atoms with Crippen LogP contribution in [0.25, 0.3) is 0 Å². The van der Waals surface area contributed by atoms with E-state index in [4.69, 9.17) is 5.11 Å². The number of aliphatic hydroxyl groups is 1. The number of unbranched alkanes of at least 4 members (excludes halogenated alkanes) is 3. The van der Waals surface area contributed by atoms with E-state index in [9.17, 15) is 14.7 Å². The Morgan fingerprint density at radius 1 is 1.28 bits per heavy atom. The summed E-state index contributed by atoms with van der Waals surface area (Å²) in [6.45, 7) is 3.95. The van der Waals surface area contributed by atoms with E-state index in [0.717, 1.165) is 25.7 Å². The molecule has 0 fully saturated rings. The molecule has 0 aromatic heterocycles. The van der Waals surface area contributed by atoms with Crippen molar-refractivity contribution in [2.24, 2.45) is 11.8 Å². The van der Waals surface area contributed by atoms with E-state index in [1.165, 1.54) is 0 Å². The first-order valence-electron chi connectivity index (χ1n) is 9.36. The zero-order valence-corrected chi connectivity index (χ0v) is 15.5. The van der Waals surface area contributed by atoms with Crippen LogP contribution in [-0.4, -0.2) is 27.6 Å². The van der Waals surface area contributed by atoms with Crippen LogP contribution >= 0.6 is 0 Å². The number of rotatable bonds is 12. The van der Waals surface area contributed by atoms with E-state index < -0.39 is 11.6 Å². The molecule has 0 bridgehead atoms. The maximum atomic E-state index is 12.0. The Kier molecular flexibility index (Phi) is 9.43. The van der Waals surface area contributed by atoms with Gasteiger partial charge in [0.05, 0.1) is 5.60 Å². The van der Waals surface area contributed by atoms with Crippen molar-refractivity contribution in [2.45, 2.75) is 70.8 Å². The molecule has 0 heterocycles. The normalized spacial score (nSPS) is 22.9. The van der Waals surface area contributed by atoms with Crippen molar-refractivity contribution in [2.75, 3.05) is 0 Å². The van der Waals surface area contributed by atoms with Crippen LogP contribution in [-0.2, 0) is 9.59 Å². The molecule has 0 saturated heterocycles. The van der Waals surface area contributed by atoms with Crippen LogP contribution in [0.2, 0.25) is 0 Å². The molecule has 140 valence electrons. The van der Waals surface area contributed by atoms with Crippen LogP contribution in [0.5, 0.6) is 0 Å². The number of ketones is 1. The van der Waals surface area contributed by atoms with Crippen molar-refractivity contribution in [1.82, 2.24) is 0 Å². The maximum absolute atomic E-state index is 12.0. The van der Waals surface area contributed by atoms with Crippen LogP contribution < -0.4 is 0 Å². The molecule has 3 atom stereocenters. The lowest BCUT2D eigenvalue weighted by Gasteiger charge is -2.20. The van der Waals surface area contributed by atoms with Crippen molar-refractivity contribution >= 4 is 11.8 Å². The van der Waals surface area contributed by atoms with Crippen LogP contribution in [0, 0.1) is 11.8 Å². The van der Waals surface area contributed by atoms with Gasteiger partial charge in [-0.3, -0.25) is 9.59 Å². The number of carboxylic acids is 1. The molecule has 0 unspecified atom stereocenters. The summed E-state index contributed by atoms with van der Waals surface area (Å²) in [6, 6.07) is 0. The summed E-state index contributed by atoms with van der Waals surface area (Å²) < 4.78 is 0. The summed E-state index contributed by atoms with van der Waals surface area (Å²) in [7, 11) is 0. The molecule has 25 heavy (non-hydrogen) atoms. The predicted molar refractivity (Wildman–Crippen MR) is 100 cm³/mol. The molecule has 4 heteroatoms. The van der Waals surface area contributed by atoms with Gasteiger partial charge in [0.1, 0.15) is 0 Å². The maximum Gasteiger partial charge on any atom is 0.303 e. The number of carboxylic acid groups (broad SMARTS) is 1. The van der Waals surface area contributed by atoms with Crippen molar-refractivity contribution < 1.29 is 19.8 Å². The van der Waals surface area contributed by atoms with Gasteiger partial charge in [0.2, 0.25) is 0 Å². The van der Waals surface area contributed by atoms with E-state index >= 15 is 0 Å². The molecule has 1 aliphatic carbocycles. The van der Waals surface area contributed by atoms with Crippen molar-refractivity contribution in [3.8, 4) is 0 Å². The number of allylic oxidation sites excluding steroid dienone is 5.